The average molecular weight is 391 g/mol. The second-order valence-corrected chi connectivity index (χ2v) is 6.90. The molecule has 4 amide bonds. The van der Waals surface area contributed by atoms with Crippen LogP contribution >= 0.6 is 0 Å². The minimum Gasteiger partial charge on any atom is -0.376 e. The minimum absolute atomic E-state index is 0.00207. The quantitative estimate of drug-likeness (QED) is 0.501. The van der Waals surface area contributed by atoms with E-state index in [1.165, 1.54) is 4.90 Å². The van der Waals surface area contributed by atoms with Gasteiger partial charge in [-0.05, 0) is 30.7 Å². The molecule has 2 fully saturated rings. The molecular weight excluding hydrogens is 369 g/mol. The molecule has 2 aliphatic rings. The molecule has 5 N–H and O–H groups in total. The second-order valence-electron chi connectivity index (χ2n) is 6.90. The van der Waals surface area contributed by atoms with Crippen molar-refractivity contribution in [2.75, 3.05) is 25.0 Å². The number of likely N-dealkylation sites (tertiary alicyclic amines) is 1. The van der Waals surface area contributed by atoms with Crippen molar-refractivity contribution in [2.24, 2.45) is 5.73 Å². The number of carbonyl (C=O) groups excluding carboxylic acids is 4. The monoisotopic (exact) mass is 391 g/mol. The summed E-state index contributed by atoms with van der Waals surface area (Å²) in [4.78, 5) is 48.3. The van der Waals surface area contributed by atoms with Gasteiger partial charge in [-0.25, -0.2) is 4.39 Å². The van der Waals surface area contributed by atoms with E-state index in [2.05, 4.69) is 16.0 Å². The summed E-state index contributed by atoms with van der Waals surface area (Å²) in [6.45, 7) is 0.747. The summed E-state index contributed by atoms with van der Waals surface area (Å²) in [5.74, 6) is -1.84. The Morgan fingerprint density at radius 2 is 1.96 bits per heavy atom. The zero-order valence-corrected chi connectivity index (χ0v) is 15.1. The smallest absolute Gasteiger partial charge is 0.255 e. The Balaban J connectivity index is 1.49. The number of alkyl halides is 1. The van der Waals surface area contributed by atoms with Crippen LogP contribution in [0.1, 0.15) is 23.2 Å². The lowest BCUT2D eigenvalue weighted by Gasteiger charge is -2.20. The maximum absolute atomic E-state index is 13.3. The molecule has 9 nitrogen and oxygen atoms in total. The molecular formula is C18H22FN5O4. The van der Waals surface area contributed by atoms with E-state index >= 15 is 0 Å². The van der Waals surface area contributed by atoms with E-state index < -0.39 is 24.0 Å². The fourth-order valence-corrected chi connectivity index (χ4v) is 3.29. The summed E-state index contributed by atoms with van der Waals surface area (Å²) in [6.07, 6.45) is -1.22. The number of primary amides is 1. The maximum Gasteiger partial charge on any atom is 0.255 e. The van der Waals surface area contributed by atoms with Gasteiger partial charge in [-0.1, -0.05) is 0 Å². The van der Waals surface area contributed by atoms with Crippen molar-refractivity contribution in [1.29, 1.82) is 0 Å². The first-order valence-electron chi connectivity index (χ1n) is 9.00. The molecule has 0 unspecified atom stereocenters. The Morgan fingerprint density at radius 3 is 2.57 bits per heavy atom. The van der Waals surface area contributed by atoms with Crippen molar-refractivity contribution < 1.29 is 23.6 Å². The normalized spacial score (nSPS) is 24.0. The molecule has 0 radical (unpaired) electrons. The van der Waals surface area contributed by atoms with Crippen molar-refractivity contribution >= 4 is 29.3 Å². The lowest BCUT2D eigenvalue weighted by atomic mass is 10.1. The van der Waals surface area contributed by atoms with Gasteiger partial charge < -0.3 is 26.6 Å². The van der Waals surface area contributed by atoms with E-state index in [1.54, 1.807) is 24.3 Å². The first kappa shape index (κ1) is 19.6. The molecule has 2 saturated heterocycles. The zero-order valence-electron chi connectivity index (χ0n) is 15.1. The molecule has 2 aliphatic heterocycles. The number of nitrogens with one attached hydrogen (secondary N) is 3. The summed E-state index contributed by atoms with van der Waals surface area (Å²) < 4.78 is 13.3. The number of hydrogen-bond acceptors (Lipinski definition) is 5. The maximum atomic E-state index is 13.3. The summed E-state index contributed by atoms with van der Waals surface area (Å²) in [5, 5.41) is 8.05. The van der Waals surface area contributed by atoms with E-state index in [-0.39, 0.29) is 30.8 Å². The summed E-state index contributed by atoms with van der Waals surface area (Å²) in [7, 11) is 0. The first-order chi connectivity index (χ1) is 13.3. The van der Waals surface area contributed by atoms with E-state index in [9.17, 15) is 23.6 Å². The molecule has 0 aliphatic carbocycles. The van der Waals surface area contributed by atoms with Crippen LogP contribution in [-0.4, -0.2) is 66.4 Å². The molecule has 2 heterocycles. The molecule has 1 aromatic rings. The number of nitrogens with zero attached hydrogens (tertiary/aromatic N) is 1. The van der Waals surface area contributed by atoms with E-state index in [4.69, 9.17) is 5.73 Å². The zero-order chi connectivity index (χ0) is 20.3. The van der Waals surface area contributed by atoms with Gasteiger partial charge in [0.15, 0.2) is 6.17 Å². The lowest BCUT2D eigenvalue weighted by molar-refractivity contribution is -0.133. The molecule has 10 heteroatoms. The van der Waals surface area contributed by atoms with Crippen LogP contribution in [0.15, 0.2) is 24.3 Å². The van der Waals surface area contributed by atoms with Crippen molar-refractivity contribution in [3.8, 4) is 0 Å². The number of anilines is 1. The van der Waals surface area contributed by atoms with Crippen molar-refractivity contribution in [2.45, 2.75) is 31.1 Å². The van der Waals surface area contributed by atoms with Crippen LogP contribution in [0.4, 0.5) is 10.1 Å². The molecule has 3 rings (SSSR count). The van der Waals surface area contributed by atoms with E-state index in [1.807, 2.05) is 0 Å². The summed E-state index contributed by atoms with van der Waals surface area (Å²) in [6, 6.07) is 5.51. The topological polar surface area (TPSA) is 134 Å². The summed E-state index contributed by atoms with van der Waals surface area (Å²) in [5.41, 5.74) is 6.17. The van der Waals surface area contributed by atoms with Gasteiger partial charge in [-0.15, -0.1) is 0 Å². The highest BCUT2D eigenvalue weighted by Crippen LogP contribution is 2.18. The molecule has 0 saturated carbocycles. The van der Waals surface area contributed by atoms with E-state index in [0.717, 1.165) is 0 Å². The number of nitrogens with two attached hydrogens (primary N) is 1. The third-order valence-corrected chi connectivity index (χ3v) is 4.79. The van der Waals surface area contributed by atoms with Crippen LogP contribution in [0.5, 0.6) is 0 Å². The van der Waals surface area contributed by atoms with Crippen molar-refractivity contribution in [3.63, 3.8) is 0 Å². The Bertz CT molecular complexity index is 785. The highest BCUT2D eigenvalue weighted by atomic mass is 19.1. The highest BCUT2D eigenvalue weighted by Gasteiger charge is 2.39. The number of benzene rings is 1. The fourth-order valence-electron chi connectivity index (χ4n) is 3.29. The molecule has 3 atom stereocenters. The van der Waals surface area contributed by atoms with Crippen LogP contribution in [0.25, 0.3) is 0 Å². The molecule has 0 bridgehead atoms. The number of amides is 4. The molecule has 0 spiro atoms. The highest BCUT2D eigenvalue weighted by molar-refractivity contribution is 5.95. The third kappa shape index (κ3) is 4.56. The predicted octanol–water partition coefficient (Wildman–Crippen LogP) is -0.859. The average Bonchev–Trinajstić information content (AvgIpc) is 3.26. The van der Waals surface area contributed by atoms with Gasteiger partial charge in [0, 0.05) is 36.8 Å². The standard InChI is InChI=1S/C18H22FN5O4/c19-13-7-14(23-17(13)27)18(28)24-6-5-12(9-24)22-16(26)10-1-3-11(4-2-10)21-8-15(20)25/h1-4,12-14,21H,5-9H2,(H2,20,25)(H,22,26)(H,23,27)/t12-,13+,14+/m1/s1. The Hall–Kier alpha value is -3.17. The third-order valence-electron chi connectivity index (χ3n) is 4.79. The Kier molecular flexibility index (Phi) is 5.76. The second kappa shape index (κ2) is 8.24. The van der Waals surface area contributed by atoms with Gasteiger partial charge in [-0.3, -0.25) is 19.2 Å². The Labute approximate surface area is 160 Å². The van der Waals surface area contributed by atoms with Crippen LogP contribution in [-0.2, 0) is 14.4 Å². The van der Waals surface area contributed by atoms with Crippen molar-refractivity contribution in [3.05, 3.63) is 29.8 Å². The molecule has 28 heavy (non-hydrogen) atoms. The number of halogens is 1. The van der Waals surface area contributed by atoms with Crippen LogP contribution < -0.4 is 21.7 Å². The number of rotatable bonds is 6. The van der Waals surface area contributed by atoms with E-state index in [0.29, 0.717) is 30.8 Å². The van der Waals surface area contributed by atoms with Crippen LogP contribution in [0.3, 0.4) is 0 Å². The van der Waals surface area contributed by atoms with Gasteiger partial charge in [0.25, 0.3) is 11.8 Å². The first-order valence-corrected chi connectivity index (χ1v) is 9.00. The van der Waals surface area contributed by atoms with Gasteiger partial charge >= 0.3 is 0 Å². The molecule has 0 aromatic heterocycles. The molecule has 1 aromatic carbocycles. The SMILES string of the molecule is NC(=O)CNc1ccc(C(=O)N[C@@H]2CCN(C(=O)[C@@H]3C[C@H](F)C(=O)N3)C2)cc1. The van der Waals surface area contributed by atoms with Crippen molar-refractivity contribution in [1.82, 2.24) is 15.5 Å². The predicted molar refractivity (Wildman–Crippen MR) is 98.0 cm³/mol. The lowest BCUT2D eigenvalue weighted by Crippen LogP contribution is -2.45. The largest absolute Gasteiger partial charge is 0.376 e. The molecule has 150 valence electrons. The van der Waals surface area contributed by atoms with Gasteiger partial charge in [0.05, 0.1) is 6.54 Å². The number of carbonyl (C=O) groups is 4. The number of hydrogen-bond donors (Lipinski definition) is 4. The summed E-state index contributed by atoms with van der Waals surface area (Å²) >= 11 is 0. The fraction of sp³-hybridized carbons (Fsp3) is 0.444. The van der Waals surface area contributed by atoms with Gasteiger partial charge in [0.2, 0.25) is 11.8 Å². The van der Waals surface area contributed by atoms with Gasteiger partial charge in [-0.2, -0.15) is 0 Å². The Morgan fingerprint density at radius 1 is 1.25 bits per heavy atom. The van der Waals surface area contributed by atoms with Gasteiger partial charge in [0.1, 0.15) is 6.04 Å². The van der Waals surface area contributed by atoms with Crippen LogP contribution in [0, 0.1) is 0 Å². The minimum atomic E-state index is -1.65. The van der Waals surface area contributed by atoms with Crippen LogP contribution in [0.2, 0.25) is 0 Å².